The van der Waals surface area contributed by atoms with E-state index in [-0.39, 0.29) is 18.4 Å². The van der Waals surface area contributed by atoms with Gasteiger partial charge < -0.3 is 14.7 Å². The summed E-state index contributed by atoms with van der Waals surface area (Å²) in [4.78, 5) is 26.9. The normalized spacial score (nSPS) is 27.1. The molecular weight excluding hydrogens is 346 g/mol. The highest BCUT2D eigenvalue weighted by Gasteiger charge is 2.47. The van der Waals surface area contributed by atoms with Crippen LogP contribution in [0.1, 0.15) is 51.1 Å². The summed E-state index contributed by atoms with van der Waals surface area (Å²) in [6.45, 7) is 5.92. The van der Waals surface area contributed by atoms with Crippen molar-refractivity contribution in [2.45, 2.75) is 51.0 Å². The van der Waals surface area contributed by atoms with Crippen LogP contribution in [-0.4, -0.2) is 58.0 Å². The van der Waals surface area contributed by atoms with Crippen molar-refractivity contribution in [2.75, 3.05) is 26.3 Å². The van der Waals surface area contributed by atoms with E-state index in [2.05, 4.69) is 5.10 Å². The fraction of sp³-hybridized carbons (Fsp3) is 0.750. The molecule has 1 aromatic heterocycles. The quantitative estimate of drug-likeness (QED) is 0.852. The molecule has 2 atom stereocenters. The molecule has 3 aliphatic rings. The van der Waals surface area contributed by atoms with Gasteiger partial charge in [0, 0.05) is 38.4 Å². The first-order chi connectivity index (χ1) is 12.9. The molecule has 4 rings (SSSR count). The van der Waals surface area contributed by atoms with Crippen LogP contribution in [-0.2, 0) is 19.9 Å². The van der Waals surface area contributed by atoms with E-state index in [1.165, 1.54) is 12.8 Å². The fourth-order valence-corrected chi connectivity index (χ4v) is 4.61. The molecule has 0 aromatic carbocycles. The van der Waals surface area contributed by atoms with E-state index < -0.39 is 17.4 Å². The van der Waals surface area contributed by atoms with Gasteiger partial charge >= 0.3 is 5.97 Å². The number of carbonyl (C=O) groups excluding carboxylic acids is 1. The summed E-state index contributed by atoms with van der Waals surface area (Å²) in [5.74, 6) is -0.480. The Kier molecular flexibility index (Phi) is 4.74. The maximum atomic E-state index is 13.3. The Bertz CT molecular complexity index is 719. The van der Waals surface area contributed by atoms with E-state index in [9.17, 15) is 14.7 Å². The number of ether oxygens (including phenoxy) is 1. The number of nitrogens with zero attached hydrogens (tertiary/aromatic N) is 3. The lowest BCUT2D eigenvalue weighted by molar-refractivity contribution is -0.144. The molecule has 1 aromatic rings. The van der Waals surface area contributed by atoms with Crippen LogP contribution in [0.15, 0.2) is 12.3 Å². The fourth-order valence-electron chi connectivity index (χ4n) is 4.61. The Morgan fingerprint density at radius 3 is 2.52 bits per heavy atom. The molecule has 1 aliphatic carbocycles. The van der Waals surface area contributed by atoms with Gasteiger partial charge in [0.05, 0.1) is 11.6 Å². The van der Waals surface area contributed by atoms with Gasteiger partial charge in [0.25, 0.3) is 0 Å². The van der Waals surface area contributed by atoms with E-state index in [0.29, 0.717) is 31.6 Å². The number of aliphatic carboxylic acids is 1. The molecule has 3 fully saturated rings. The first-order valence-electron chi connectivity index (χ1n) is 10.0. The van der Waals surface area contributed by atoms with Crippen LogP contribution in [0.25, 0.3) is 0 Å². The van der Waals surface area contributed by atoms with Crippen LogP contribution in [0.5, 0.6) is 0 Å². The molecule has 0 bridgehead atoms. The molecule has 0 spiro atoms. The van der Waals surface area contributed by atoms with E-state index in [0.717, 1.165) is 18.5 Å². The Balaban J connectivity index is 1.50. The first-order valence-corrected chi connectivity index (χ1v) is 10.0. The highest BCUT2D eigenvalue weighted by atomic mass is 16.5. The standard InChI is InChI=1S/C20H29N3O4/c1-20(2,23-8-5-17(21-23)14-3-4-14)19(26)22-11-15(16(12-22)18(24)25)13-6-9-27-10-7-13/h5,8,13-16H,3-4,6-7,9-12H2,1-2H3,(H,24,25)/t15-,16+/m1/s1. The Labute approximate surface area is 159 Å². The summed E-state index contributed by atoms with van der Waals surface area (Å²) in [6.07, 6.45) is 5.98. The Morgan fingerprint density at radius 1 is 1.19 bits per heavy atom. The summed E-state index contributed by atoms with van der Waals surface area (Å²) >= 11 is 0. The minimum Gasteiger partial charge on any atom is -0.481 e. The highest BCUT2D eigenvalue weighted by Crippen LogP contribution is 2.40. The molecule has 0 radical (unpaired) electrons. The van der Waals surface area contributed by atoms with Crippen LogP contribution in [0.2, 0.25) is 0 Å². The van der Waals surface area contributed by atoms with E-state index in [1.807, 2.05) is 26.1 Å². The molecule has 2 saturated heterocycles. The number of hydrogen-bond donors (Lipinski definition) is 1. The van der Waals surface area contributed by atoms with Gasteiger partial charge in [0.1, 0.15) is 5.54 Å². The van der Waals surface area contributed by atoms with Crippen molar-refractivity contribution in [3.8, 4) is 0 Å². The van der Waals surface area contributed by atoms with E-state index in [1.54, 1.807) is 9.58 Å². The summed E-state index contributed by atoms with van der Waals surface area (Å²) in [6, 6.07) is 2.00. The number of carboxylic acids is 1. The van der Waals surface area contributed by atoms with E-state index >= 15 is 0 Å². The van der Waals surface area contributed by atoms with Crippen LogP contribution in [0, 0.1) is 17.8 Å². The third-order valence-electron chi connectivity index (χ3n) is 6.54. The summed E-state index contributed by atoms with van der Waals surface area (Å²) in [5.41, 5.74) is 0.238. The van der Waals surface area contributed by atoms with Crippen molar-refractivity contribution in [3.05, 3.63) is 18.0 Å². The maximum Gasteiger partial charge on any atom is 0.308 e. The second-order valence-corrected chi connectivity index (χ2v) is 8.79. The second kappa shape index (κ2) is 6.93. The molecular formula is C20H29N3O4. The molecule has 1 amide bonds. The van der Waals surface area contributed by atoms with Gasteiger partial charge in [-0.15, -0.1) is 0 Å². The Hall–Kier alpha value is -1.89. The molecule has 3 heterocycles. The van der Waals surface area contributed by atoms with Crippen molar-refractivity contribution < 1.29 is 19.4 Å². The van der Waals surface area contributed by atoms with Gasteiger partial charge in [0.15, 0.2) is 0 Å². The zero-order valence-electron chi connectivity index (χ0n) is 16.1. The Morgan fingerprint density at radius 2 is 1.89 bits per heavy atom. The molecule has 148 valence electrons. The van der Waals surface area contributed by atoms with Crippen LogP contribution >= 0.6 is 0 Å². The lowest BCUT2D eigenvalue weighted by atomic mass is 9.80. The van der Waals surface area contributed by atoms with Crippen molar-refractivity contribution in [3.63, 3.8) is 0 Å². The van der Waals surface area contributed by atoms with Gasteiger partial charge in [-0.25, -0.2) is 0 Å². The highest BCUT2D eigenvalue weighted by molar-refractivity contribution is 5.85. The molecule has 1 N–H and O–H groups in total. The van der Waals surface area contributed by atoms with Gasteiger partial charge in [-0.2, -0.15) is 5.10 Å². The lowest BCUT2D eigenvalue weighted by Crippen LogP contribution is -2.46. The largest absolute Gasteiger partial charge is 0.481 e. The average molecular weight is 375 g/mol. The lowest BCUT2D eigenvalue weighted by Gasteiger charge is -2.31. The summed E-state index contributed by atoms with van der Waals surface area (Å²) in [7, 11) is 0. The minimum absolute atomic E-state index is 0.00537. The first kappa shape index (κ1) is 18.5. The van der Waals surface area contributed by atoms with Crippen LogP contribution in [0.4, 0.5) is 0 Å². The number of aromatic nitrogens is 2. The predicted molar refractivity (Wildman–Crippen MR) is 98.3 cm³/mol. The number of likely N-dealkylation sites (tertiary alicyclic amines) is 1. The smallest absolute Gasteiger partial charge is 0.308 e. The monoisotopic (exact) mass is 375 g/mol. The number of rotatable bonds is 5. The molecule has 2 aliphatic heterocycles. The summed E-state index contributed by atoms with van der Waals surface area (Å²) in [5, 5.41) is 14.4. The van der Waals surface area contributed by atoms with Crippen LogP contribution in [0.3, 0.4) is 0 Å². The van der Waals surface area contributed by atoms with Gasteiger partial charge in [-0.05, 0) is 57.4 Å². The number of carboxylic acid groups (broad SMARTS) is 1. The molecule has 27 heavy (non-hydrogen) atoms. The third-order valence-corrected chi connectivity index (χ3v) is 6.54. The third kappa shape index (κ3) is 3.49. The van der Waals surface area contributed by atoms with Crippen molar-refractivity contribution in [2.24, 2.45) is 17.8 Å². The molecule has 7 heteroatoms. The van der Waals surface area contributed by atoms with Gasteiger partial charge in [0.2, 0.25) is 5.91 Å². The zero-order chi connectivity index (χ0) is 19.2. The van der Waals surface area contributed by atoms with Crippen molar-refractivity contribution in [1.29, 1.82) is 0 Å². The predicted octanol–water partition coefficient (Wildman–Crippen LogP) is 2.08. The molecule has 0 unspecified atom stereocenters. The number of hydrogen-bond acceptors (Lipinski definition) is 4. The molecule has 1 saturated carbocycles. The van der Waals surface area contributed by atoms with Crippen molar-refractivity contribution >= 4 is 11.9 Å². The number of amides is 1. The second-order valence-electron chi connectivity index (χ2n) is 8.79. The van der Waals surface area contributed by atoms with Gasteiger partial charge in [-0.1, -0.05) is 0 Å². The van der Waals surface area contributed by atoms with Gasteiger partial charge in [-0.3, -0.25) is 14.3 Å². The van der Waals surface area contributed by atoms with E-state index in [4.69, 9.17) is 4.74 Å². The SMILES string of the molecule is CC(C)(C(=O)N1C[C@H](C(=O)O)[C@@H](C2CCOCC2)C1)n1ccc(C2CC2)n1. The van der Waals surface area contributed by atoms with Crippen LogP contribution < -0.4 is 0 Å². The minimum atomic E-state index is -0.819. The number of carbonyl (C=O) groups is 2. The topological polar surface area (TPSA) is 84.7 Å². The zero-order valence-corrected chi connectivity index (χ0v) is 16.1. The maximum absolute atomic E-state index is 13.3. The average Bonchev–Trinajstić information content (AvgIpc) is 3.21. The summed E-state index contributed by atoms with van der Waals surface area (Å²) < 4.78 is 7.18. The molecule has 7 nitrogen and oxygen atoms in total. The van der Waals surface area contributed by atoms with Crippen molar-refractivity contribution in [1.82, 2.24) is 14.7 Å².